The lowest BCUT2D eigenvalue weighted by atomic mass is 10.3. The molecule has 0 bridgehead atoms. The fourth-order valence-corrected chi connectivity index (χ4v) is 1.25. The van der Waals surface area contributed by atoms with Crippen molar-refractivity contribution in [2.75, 3.05) is 18.4 Å². The summed E-state index contributed by atoms with van der Waals surface area (Å²) in [5, 5.41) is 5.88. The van der Waals surface area contributed by atoms with E-state index < -0.39 is 0 Å². The van der Waals surface area contributed by atoms with Gasteiger partial charge in [0.15, 0.2) is 0 Å². The van der Waals surface area contributed by atoms with Gasteiger partial charge < -0.3 is 10.6 Å². The van der Waals surface area contributed by atoms with E-state index in [9.17, 15) is 4.79 Å². The average Bonchev–Trinajstić information content (AvgIpc) is 2.37. The van der Waals surface area contributed by atoms with Crippen LogP contribution in [0.1, 0.15) is 43.5 Å². The molecule has 1 aromatic rings. The fraction of sp³-hybridized carbons (Fsp3) is 0.583. The van der Waals surface area contributed by atoms with Crippen LogP contribution in [0.5, 0.6) is 0 Å². The van der Waals surface area contributed by atoms with Crippen molar-refractivity contribution in [3.63, 3.8) is 0 Å². The summed E-state index contributed by atoms with van der Waals surface area (Å²) in [7, 11) is 0. The molecule has 0 aliphatic heterocycles. The Labute approximate surface area is 102 Å². The number of hydrogen-bond acceptors (Lipinski definition) is 4. The van der Waals surface area contributed by atoms with Crippen LogP contribution in [0.2, 0.25) is 0 Å². The van der Waals surface area contributed by atoms with E-state index in [1.807, 2.05) is 6.92 Å². The Morgan fingerprint density at radius 3 is 2.47 bits per heavy atom. The average molecular weight is 236 g/mol. The van der Waals surface area contributed by atoms with E-state index >= 15 is 0 Å². The molecule has 1 amide bonds. The second kappa shape index (κ2) is 7.60. The van der Waals surface area contributed by atoms with Crippen LogP contribution >= 0.6 is 0 Å². The maximum atomic E-state index is 11.6. The predicted molar refractivity (Wildman–Crippen MR) is 68.1 cm³/mol. The Morgan fingerprint density at radius 2 is 1.88 bits per heavy atom. The molecule has 0 aliphatic carbocycles. The van der Waals surface area contributed by atoms with Crippen LogP contribution in [0.4, 0.5) is 5.95 Å². The van der Waals surface area contributed by atoms with E-state index in [-0.39, 0.29) is 5.91 Å². The van der Waals surface area contributed by atoms with Gasteiger partial charge in [-0.1, -0.05) is 20.3 Å². The molecule has 17 heavy (non-hydrogen) atoms. The summed E-state index contributed by atoms with van der Waals surface area (Å²) in [6, 6.07) is 0. The second-order valence-electron chi connectivity index (χ2n) is 3.83. The minimum absolute atomic E-state index is 0.119. The molecule has 0 saturated carbocycles. The molecule has 5 heteroatoms. The Balaban J connectivity index is 2.46. The van der Waals surface area contributed by atoms with Gasteiger partial charge in [-0.2, -0.15) is 0 Å². The first-order valence-electron chi connectivity index (χ1n) is 6.12. The molecule has 0 saturated heterocycles. The molecule has 0 unspecified atom stereocenters. The predicted octanol–water partition coefficient (Wildman–Crippen LogP) is 1.83. The van der Waals surface area contributed by atoms with Crippen molar-refractivity contribution in [3.05, 3.63) is 18.0 Å². The highest BCUT2D eigenvalue weighted by atomic mass is 16.1. The zero-order chi connectivity index (χ0) is 12.5. The number of nitrogens with one attached hydrogen (secondary N) is 2. The van der Waals surface area contributed by atoms with Crippen molar-refractivity contribution in [2.45, 2.75) is 33.1 Å². The molecular formula is C12H20N4O. The maximum absolute atomic E-state index is 11.6. The third-order valence-corrected chi connectivity index (χ3v) is 2.26. The van der Waals surface area contributed by atoms with Crippen LogP contribution in [0, 0.1) is 0 Å². The summed E-state index contributed by atoms with van der Waals surface area (Å²) in [4.78, 5) is 19.8. The smallest absolute Gasteiger partial charge is 0.254 e. The van der Waals surface area contributed by atoms with Gasteiger partial charge in [-0.05, 0) is 12.8 Å². The lowest BCUT2D eigenvalue weighted by Crippen LogP contribution is -2.24. The summed E-state index contributed by atoms with van der Waals surface area (Å²) in [5.74, 6) is 0.456. The third-order valence-electron chi connectivity index (χ3n) is 2.26. The highest BCUT2D eigenvalue weighted by molar-refractivity contribution is 5.93. The number of unbranched alkanes of at least 4 members (excludes halogenated alkanes) is 1. The monoisotopic (exact) mass is 236 g/mol. The molecule has 1 aromatic heterocycles. The van der Waals surface area contributed by atoms with E-state index in [4.69, 9.17) is 0 Å². The first-order valence-corrected chi connectivity index (χ1v) is 6.12. The molecule has 5 nitrogen and oxygen atoms in total. The third kappa shape index (κ3) is 4.80. The van der Waals surface area contributed by atoms with E-state index in [0.29, 0.717) is 18.1 Å². The summed E-state index contributed by atoms with van der Waals surface area (Å²) in [6.07, 6.45) is 6.23. The first kappa shape index (κ1) is 13.4. The van der Waals surface area contributed by atoms with Gasteiger partial charge in [-0.15, -0.1) is 0 Å². The van der Waals surface area contributed by atoms with Gasteiger partial charge in [-0.3, -0.25) is 4.79 Å². The first-order chi connectivity index (χ1) is 8.27. The van der Waals surface area contributed by atoms with Gasteiger partial charge in [0, 0.05) is 25.5 Å². The Kier molecular flexibility index (Phi) is 5.99. The number of amides is 1. The van der Waals surface area contributed by atoms with Crippen LogP contribution in [0.3, 0.4) is 0 Å². The van der Waals surface area contributed by atoms with E-state index in [1.165, 1.54) is 0 Å². The Hall–Kier alpha value is -1.65. The van der Waals surface area contributed by atoms with Gasteiger partial charge in [0.25, 0.3) is 5.91 Å². The topological polar surface area (TPSA) is 66.9 Å². The van der Waals surface area contributed by atoms with Crippen LogP contribution in [0.25, 0.3) is 0 Å². The minimum atomic E-state index is -0.119. The molecule has 0 fully saturated rings. The zero-order valence-electron chi connectivity index (χ0n) is 10.5. The van der Waals surface area contributed by atoms with E-state index in [1.54, 1.807) is 12.4 Å². The standard InChI is InChI=1S/C12H20N4O/c1-3-5-7-14-12-15-8-10(9-16-12)11(17)13-6-4-2/h8-9H,3-7H2,1-2H3,(H,13,17)(H,14,15,16). The number of anilines is 1. The molecule has 0 aliphatic rings. The molecule has 2 N–H and O–H groups in total. The molecule has 94 valence electrons. The Morgan fingerprint density at radius 1 is 1.18 bits per heavy atom. The quantitative estimate of drug-likeness (QED) is 0.709. The van der Waals surface area contributed by atoms with Crippen LogP contribution < -0.4 is 10.6 Å². The van der Waals surface area contributed by atoms with Crippen molar-refractivity contribution < 1.29 is 4.79 Å². The molecule has 1 rings (SSSR count). The van der Waals surface area contributed by atoms with Gasteiger partial charge in [0.2, 0.25) is 5.95 Å². The molecular weight excluding hydrogens is 216 g/mol. The van der Waals surface area contributed by atoms with Gasteiger partial charge in [0.1, 0.15) is 0 Å². The maximum Gasteiger partial charge on any atom is 0.254 e. The van der Waals surface area contributed by atoms with Gasteiger partial charge in [-0.25, -0.2) is 9.97 Å². The largest absolute Gasteiger partial charge is 0.354 e. The van der Waals surface area contributed by atoms with Gasteiger partial charge >= 0.3 is 0 Å². The van der Waals surface area contributed by atoms with Crippen molar-refractivity contribution >= 4 is 11.9 Å². The summed E-state index contributed by atoms with van der Waals surface area (Å²) >= 11 is 0. The highest BCUT2D eigenvalue weighted by Crippen LogP contribution is 2.00. The van der Waals surface area contributed by atoms with Crippen LogP contribution in [-0.2, 0) is 0 Å². The fourth-order valence-electron chi connectivity index (χ4n) is 1.25. The van der Waals surface area contributed by atoms with Crippen molar-refractivity contribution in [1.82, 2.24) is 15.3 Å². The molecule has 1 heterocycles. The lowest BCUT2D eigenvalue weighted by Gasteiger charge is -2.05. The molecule has 0 spiro atoms. The van der Waals surface area contributed by atoms with E-state index in [2.05, 4.69) is 27.5 Å². The molecule has 0 atom stereocenters. The SMILES string of the molecule is CCCCNc1ncc(C(=O)NCCC)cn1. The normalized spacial score (nSPS) is 10.0. The molecule has 0 radical (unpaired) electrons. The number of aromatic nitrogens is 2. The van der Waals surface area contributed by atoms with Crippen LogP contribution in [-0.4, -0.2) is 29.0 Å². The van der Waals surface area contributed by atoms with Crippen molar-refractivity contribution in [1.29, 1.82) is 0 Å². The number of carbonyl (C=O) groups excluding carboxylic acids is 1. The summed E-state index contributed by atoms with van der Waals surface area (Å²) in [6.45, 7) is 5.68. The van der Waals surface area contributed by atoms with Crippen molar-refractivity contribution in [2.24, 2.45) is 0 Å². The Bertz CT molecular complexity index is 337. The summed E-state index contributed by atoms with van der Waals surface area (Å²) < 4.78 is 0. The molecule has 0 aromatic carbocycles. The second-order valence-corrected chi connectivity index (χ2v) is 3.83. The number of nitrogens with zero attached hydrogens (tertiary/aromatic N) is 2. The zero-order valence-corrected chi connectivity index (χ0v) is 10.5. The lowest BCUT2D eigenvalue weighted by molar-refractivity contribution is 0.0953. The number of hydrogen-bond donors (Lipinski definition) is 2. The van der Waals surface area contributed by atoms with Crippen molar-refractivity contribution in [3.8, 4) is 0 Å². The number of carbonyl (C=O) groups is 1. The highest BCUT2D eigenvalue weighted by Gasteiger charge is 2.05. The van der Waals surface area contributed by atoms with Crippen LogP contribution in [0.15, 0.2) is 12.4 Å². The summed E-state index contributed by atoms with van der Waals surface area (Å²) in [5.41, 5.74) is 0.500. The minimum Gasteiger partial charge on any atom is -0.354 e. The van der Waals surface area contributed by atoms with Gasteiger partial charge in [0.05, 0.1) is 5.56 Å². The number of rotatable bonds is 7. The van der Waals surface area contributed by atoms with E-state index in [0.717, 1.165) is 25.8 Å².